The van der Waals surface area contributed by atoms with E-state index < -0.39 is 0 Å². The number of carbonyl (C=O) groups excluding carboxylic acids is 2. The van der Waals surface area contributed by atoms with Crippen molar-refractivity contribution in [1.82, 2.24) is 5.01 Å². The van der Waals surface area contributed by atoms with Gasteiger partial charge in [-0.15, -0.1) is 0 Å². The van der Waals surface area contributed by atoms with Crippen LogP contribution in [0, 0.1) is 30.6 Å². The van der Waals surface area contributed by atoms with Gasteiger partial charge in [-0.2, -0.15) is 10.1 Å². The van der Waals surface area contributed by atoms with Crippen molar-refractivity contribution >= 4 is 29.6 Å². The molecule has 4 atom stereocenters. The summed E-state index contributed by atoms with van der Waals surface area (Å²) in [4.78, 5) is 25.3. The van der Waals surface area contributed by atoms with Gasteiger partial charge in [0, 0.05) is 10.6 Å². The Balaban J connectivity index is 1.38. The van der Waals surface area contributed by atoms with Crippen LogP contribution in [0.4, 0.5) is 0 Å². The molecule has 2 bridgehead atoms. The van der Waals surface area contributed by atoms with Crippen molar-refractivity contribution in [2.45, 2.75) is 13.3 Å². The molecule has 0 spiro atoms. The first-order chi connectivity index (χ1) is 13.0. The van der Waals surface area contributed by atoms with Crippen molar-refractivity contribution in [3.63, 3.8) is 0 Å². The Bertz CT molecular complexity index is 992. The number of imide groups is 1. The number of carbonyl (C=O) groups is 2. The number of hydrazone groups is 1. The number of allylic oxidation sites excluding steroid dienone is 2. The van der Waals surface area contributed by atoms with Gasteiger partial charge >= 0.3 is 0 Å². The molecule has 6 heteroatoms. The molecule has 1 aromatic heterocycles. The number of rotatable bonds is 3. The van der Waals surface area contributed by atoms with Gasteiger partial charge in [0.05, 0.1) is 18.1 Å². The molecule has 5 nitrogen and oxygen atoms in total. The van der Waals surface area contributed by atoms with Gasteiger partial charge in [-0.3, -0.25) is 9.59 Å². The number of benzene rings is 1. The fourth-order valence-corrected chi connectivity index (χ4v) is 4.73. The monoisotopic (exact) mass is 380 g/mol. The highest BCUT2D eigenvalue weighted by molar-refractivity contribution is 6.31. The Kier molecular flexibility index (Phi) is 3.62. The Morgan fingerprint density at radius 1 is 1.11 bits per heavy atom. The van der Waals surface area contributed by atoms with E-state index in [0.717, 1.165) is 22.6 Å². The molecule has 2 fully saturated rings. The summed E-state index contributed by atoms with van der Waals surface area (Å²) in [5.74, 6) is 0.607. The lowest BCUT2D eigenvalue weighted by Crippen LogP contribution is -2.28. The van der Waals surface area contributed by atoms with E-state index in [1.807, 2.05) is 31.2 Å². The van der Waals surface area contributed by atoms with Gasteiger partial charge in [0.1, 0.15) is 11.5 Å². The van der Waals surface area contributed by atoms with E-state index in [2.05, 4.69) is 17.3 Å². The Morgan fingerprint density at radius 2 is 1.81 bits per heavy atom. The van der Waals surface area contributed by atoms with E-state index >= 15 is 0 Å². The fourth-order valence-electron chi connectivity index (χ4n) is 4.56. The summed E-state index contributed by atoms with van der Waals surface area (Å²) in [5.41, 5.74) is 1.82. The second-order valence-corrected chi connectivity index (χ2v) is 7.75. The number of hydrogen-bond acceptors (Lipinski definition) is 4. The highest BCUT2D eigenvalue weighted by Gasteiger charge is 2.59. The lowest BCUT2D eigenvalue weighted by molar-refractivity contribution is -0.140. The van der Waals surface area contributed by atoms with Crippen LogP contribution in [-0.4, -0.2) is 23.0 Å². The van der Waals surface area contributed by atoms with E-state index in [9.17, 15) is 9.59 Å². The third-order valence-electron chi connectivity index (χ3n) is 5.91. The Hall–Kier alpha value is -2.66. The molecule has 4 unspecified atom stereocenters. The standard InChI is InChI=1S/C21H17ClN2O3/c1-11-15(3-2-4-16(11)22)17-8-7-14(27-17)10-23-24-20(25)18-12-5-6-13(9-12)19(18)21(24)26/h2-8,10,12-13,18-19H,9H2,1H3. The molecule has 0 radical (unpaired) electrons. The van der Waals surface area contributed by atoms with Crippen LogP contribution in [0.5, 0.6) is 0 Å². The van der Waals surface area contributed by atoms with Crippen molar-refractivity contribution < 1.29 is 14.0 Å². The fraction of sp³-hybridized carbons (Fsp3) is 0.286. The van der Waals surface area contributed by atoms with E-state index in [1.54, 1.807) is 6.07 Å². The highest BCUT2D eigenvalue weighted by atomic mass is 35.5. The zero-order chi connectivity index (χ0) is 18.7. The van der Waals surface area contributed by atoms with Crippen LogP contribution in [0.15, 0.2) is 52.0 Å². The predicted molar refractivity (Wildman–Crippen MR) is 101 cm³/mol. The van der Waals surface area contributed by atoms with Crippen LogP contribution in [0.2, 0.25) is 5.02 Å². The summed E-state index contributed by atoms with van der Waals surface area (Å²) in [5, 5.41) is 5.83. The van der Waals surface area contributed by atoms with E-state index in [-0.39, 0.29) is 35.5 Å². The maximum Gasteiger partial charge on any atom is 0.254 e. The van der Waals surface area contributed by atoms with Gasteiger partial charge in [-0.05, 0) is 48.9 Å². The van der Waals surface area contributed by atoms with Gasteiger partial charge in [-0.1, -0.05) is 35.9 Å². The first-order valence-corrected chi connectivity index (χ1v) is 9.38. The van der Waals surface area contributed by atoms with Gasteiger partial charge in [0.25, 0.3) is 11.8 Å². The number of halogens is 1. The molecule has 136 valence electrons. The third kappa shape index (κ3) is 2.42. The maximum atomic E-state index is 12.6. The second kappa shape index (κ2) is 5.92. The van der Waals surface area contributed by atoms with Crippen LogP contribution in [-0.2, 0) is 9.59 Å². The van der Waals surface area contributed by atoms with Crippen molar-refractivity contribution in [1.29, 1.82) is 0 Å². The van der Waals surface area contributed by atoms with E-state index in [4.69, 9.17) is 16.0 Å². The summed E-state index contributed by atoms with van der Waals surface area (Å²) < 4.78 is 5.81. The van der Waals surface area contributed by atoms with Crippen LogP contribution < -0.4 is 0 Å². The molecule has 1 saturated carbocycles. The minimum Gasteiger partial charge on any atom is -0.455 e. The summed E-state index contributed by atoms with van der Waals surface area (Å²) in [6.45, 7) is 1.93. The summed E-state index contributed by atoms with van der Waals surface area (Å²) in [6, 6.07) is 9.21. The highest BCUT2D eigenvalue weighted by Crippen LogP contribution is 2.52. The first kappa shape index (κ1) is 16.5. The molecule has 3 aliphatic rings. The van der Waals surface area contributed by atoms with Gasteiger partial charge in [-0.25, -0.2) is 0 Å². The van der Waals surface area contributed by atoms with Crippen molar-refractivity contribution in [2.75, 3.05) is 0 Å². The molecule has 2 amide bonds. The molecule has 2 heterocycles. The molecule has 0 N–H and O–H groups in total. The number of fused-ring (bicyclic) bond motifs is 5. The van der Waals surface area contributed by atoms with Crippen LogP contribution >= 0.6 is 11.6 Å². The normalized spacial score (nSPS) is 28.7. The topological polar surface area (TPSA) is 62.9 Å². The SMILES string of the molecule is Cc1c(Cl)cccc1-c1ccc(C=NN2C(=O)C3C4C=CC(C4)C3C2=O)o1. The first-order valence-electron chi connectivity index (χ1n) is 9.00. The average molecular weight is 381 g/mol. The average Bonchev–Trinajstić information content (AvgIpc) is 3.41. The molecular weight excluding hydrogens is 364 g/mol. The van der Waals surface area contributed by atoms with Crippen LogP contribution in [0.25, 0.3) is 11.3 Å². The number of nitrogens with zero attached hydrogens (tertiary/aromatic N) is 2. The van der Waals surface area contributed by atoms with Crippen LogP contribution in [0.1, 0.15) is 17.7 Å². The lowest BCUT2D eigenvalue weighted by atomic mass is 9.85. The summed E-state index contributed by atoms with van der Waals surface area (Å²) in [7, 11) is 0. The Labute approximate surface area is 161 Å². The predicted octanol–water partition coefficient (Wildman–Crippen LogP) is 4.05. The van der Waals surface area contributed by atoms with Gasteiger partial charge < -0.3 is 4.42 Å². The molecule has 1 aliphatic heterocycles. The number of furan rings is 1. The molecular formula is C21H17ClN2O3. The molecule has 2 aromatic rings. The molecule has 5 rings (SSSR count). The summed E-state index contributed by atoms with van der Waals surface area (Å²) in [6.07, 6.45) is 6.47. The zero-order valence-electron chi connectivity index (χ0n) is 14.6. The van der Waals surface area contributed by atoms with Crippen LogP contribution in [0.3, 0.4) is 0 Å². The van der Waals surface area contributed by atoms with Crippen molar-refractivity contribution in [2.24, 2.45) is 28.8 Å². The van der Waals surface area contributed by atoms with Crippen molar-refractivity contribution in [3.8, 4) is 11.3 Å². The Morgan fingerprint density at radius 3 is 2.52 bits per heavy atom. The second-order valence-electron chi connectivity index (χ2n) is 7.35. The molecule has 1 saturated heterocycles. The molecule has 1 aromatic carbocycles. The maximum absolute atomic E-state index is 12.6. The van der Waals surface area contributed by atoms with Crippen molar-refractivity contribution in [3.05, 3.63) is 58.8 Å². The number of amides is 2. The van der Waals surface area contributed by atoms with E-state index in [0.29, 0.717) is 16.5 Å². The largest absolute Gasteiger partial charge is 0.455 e. The van der Waals surface area contributed by atoms with Gasteiger partial charge in [0.15, 0.2) is 0 Å². The quantitative estimate of drug-likeness (QED) is 0.458. The van der Waals surface area contributed by atoms with E-state index in [1.165, 1.54) is 6.21 Å². The lowest BCUT2D eigenvalue weighted by Gasteiger charge is -2.13. The minimum atomic E-state index is -0.245. The van der Waals surface area contributed by atoms with Gasteiger partial charge in [0.2, 0.25) is 0 Å². The number of hydrogen-bond donors (Lipinski definition) is 0. The minimum absolute atomic E-state index is 0.178. The third-order valence-corrected chi connectivity index (χ3v) is 6.32. The smallest absolute Gasteiger partial charge is 0.254 e. The zero-order valence-corrected chi connectivity index (χ0v) is 15.4. The molecule has 27 heavy (non-hydrogen) atoms. The molecule has 2 aliphatic carbocycles. The summed E-state index contributed by atoms with van der Waals surface area (Å²) >= 11 is 6.17.